The fourth-order valence-electron chi connectivity index (χ4n) is 13.6. The van der Waals surface area contributed by atoms with Crippen molar-refractivity contribution in [2.45, 2.75) is 168 Å². The summed E-state index contributed by atoms with van der Waals surface area (Å²) in [5.41, 5.74) is 2.69. The molecule has 2 heterocycles. The summed E-state index contributed by atoms with van der Waals surface area (Å²) >= 11 is 7.47. The number of hydrogen-bond donors (Lipinski definition) is 0. The maximum atomic E-state index is 14.1. The fraction of sp³-hybridized carbons (Fsp3) is 0.371. The Labute approximate surface area is 476 Å². The van der Waals surface area contributed by atoms with Gasteiger partial charge >= 0.3 is 0 Å². The number of halogens is 2. The van der Waals surface area contributed by atoms with Crippen molar-refractivity contribution in [1.82, 2.24) is 9.80 Å². The van der Waals surface area contributed by atoms with Gasteiger partial charge in [0.05, 0.1) is 0 Å². The molecule has 0 radical (unpaired) electrons. The molecule has 4 amide bonds. The molecule has 0 bridgehead atoms. The second-order valence-corrected chi connectivity index (χ2v) is 24.2. The van der Waals surface area contributed by atoms with Crippen molar-refractivity contribution in [3.63, 3.8) is 0 Å². The topological polar surface area (TPSA) is 74.8 Å². The molecule has 12 rings (SSSR count). The van der Waals surface area contributed by atoms with E-state index in [1.165, 1.54) is 72.9 Å². The number of nitrogens with zero attached hydrogens (tertiary/aromatic N) is 2. The second-order valence-electron chi connectivity index (χ2n) is 22.5. The lowest BCUT2D eigenvalue weighted by molar-refractivity contribution is 0.0501. The molecule has 0 unspecified atom stereocenters. The van der Waals surface area contributed by atoms with Crippen LogP contribution in [0.3, 0.4) is 0 Å². The van der Waals surface area contributed by atoms with Crippen molar-refractivity contribution in [2.75, 3.05) is 0 Å². The molecule has 0 aromatic heterocycles. The van der Waals surface area contributed by atoms with Crippen LogP contribution < -0.4 is 0 Å². The molecular formula is C70H72Br2N2O4. The van der Waals surface area contributed by atoms with Crippen LogP contribution in [-0.2, 0) is 0 Å². The van der Waals surface area contributed by atoms with Crippen LogP contribution in [0, 0.1) is 0 Å². The Bertz CT molecular complexity index is 3500. The van der Waals surface area contributed by atoms with Gasteiger partial charge in [0.1, 0.15) is 0 Å². The summed E-state index contributed by atoms with van der Waals surface area (Å²) in [4.78, 5) is 59.8. The number of imide groups is 2. The van der Waals surface area contributed by atoms with Crippen LogP contribution in [0.15, 0.2) is 118 Å². The number of amides is 4. The summed E-state index contributed by atoms with van der Waals surface area (Å²) in [5, 5.41) is 17.6. The van der Waals surface area contributed by atoms with E-state index in [4.69, 9.17) is 0 Å². The van der Waals surface area contributed by atoms with Gasteiger partial charge in [0.15, 0.2) is 0 Å². The highest BCUT2D eigenvalue weighted by Gasteiger charge is 2.40. The van der Waals surface area contributed by atoms with Crippen LogP contribution in [-0.4, -0.2) is 45.5 Å². The Morgan fingerprint density at radius 2 is 0.551 bits per heavy atom. The van der Waals surface area contributed by atoms with Crippen LogP contribution in [0.1, 0.15) is 198 Å². The summed E-state index contributed by atoms with van der Waals surface area (Å²) in [6.07, 6.45) is 21.9. The summed E-state index contributed by atoms with van der Waals surface area (Å²) in [5.74, 6) is -0.474. The van der Waals surface area contributed by atoms with Gasteiger partial charge in [0.2, 0.25) is 0 Å². The lowest BCUT2D eigenvalue weighted by atomic mass is 9.84. The van der Waals surface area contributed by atoms with E-state index in [1.807, 2.05) is 24.3 Å². The first-order valence-corrected chi connectivity index (χ1v) is 31.1. The van der Waals surface area contributed by atoms with E-state index >= 15 is 0 Å². The Balaban J connectivity index is 0.000000165. The van der Waals surface area contributed by atoms with Crippen LogP contribution in [0.4, 0.5) is 0 Å². The monoisotopic (exact) mass is 1160 g/mol. The highest BCUT2D eigenvalue weighted by atomic mass is 79.9. The molecule has 78 heavy (non-hydrogen) atoms. The minimum absolute atomic E-state index is 0.0407. The number of carbonyl (C=O) groups excluding carboxylic acids is 4. The van der Waals surface area contributed by atoms with Crippen molar-refractivity contribution in [3.8, 4) is 0 Å². The Kier molecular flexibility index (Phi) is 16.2. The molecule has 8 heteroatoms. The Hall–Kier alpha value is -5.96. The average molecular weight is 1170 g/mol. The van der Waals surface area contributed by atoms with E-state index in [0.717, 1.165) is 151 Å². The molecule has 400 valence electrons. The molecule has 6 nitrogen and oxygen atoms in total. The predicted octanol–water partition coefficient (Wildman–Crippen LogP) is 20.8. The summed E-state index contributed by atoms with van der Waals surface area (Å²) in [7, 11) is 0. The number of fused-ring (bicyclic) bond motifs is 4. The zero-order valence-corrected chi connectivity index (χ0v) is 49.1. The zero-order chi connectivity index (χ0) is 54.2. The van der Waals surface area contributed by atoms with Gasteiger partial charge in [-0.05, 0) is 137 Å². The number of rotatable bonds is 22. The fourth-order valence-corrected chi connectivity index (χ4v) is 14.6. The predicted molar refractivity (Wildman–Crippen MR) is 334 cm³/mol. The third-order valence-electron chi connectivity index (χ3n) is 17.5. The molecule has 0 saturated heterocycles. The van der Waals surface area contributed by atoms with Gasteiger partial charge in [0, 0.05) is 54.1 Å². The molecule has 0 saturated carbocycles. The molecule has 10 aromatic rings. The van der Waals surface area contributed by atoms with E-state index in [-0.39, 0.29) is 35.7 Å². The third-order valence-corrected chi connectivity index (χ3v) is 18.9. The first-order chi connectivity index (χ1) is 38.1. The molecule has 0 spiro atoms. The number of benzene rings is 10. The van der Waals surface area contributed by atoms with Crippen LogP contribution in [0.2, 0.25) is 0 Å². The second kappa shape index (κ2) is 23.4. The van der Waals surface area contributed by atoms with E-state index < -0.39 is 0 Å². The number of carbonyl (C=O) groups is 4. The smallest absolute Gasteiger partial charge is 0.261 e. The van der Waals surface area contributed by atoms with Gasteiger partial charge in [0.25, 0.3) is 23.6 Å². The van der Waals surface area contributed by atoms with Crippen molar-refractivity contribution in [2.24, 2.45) is 0 Å². The molecule has 0 atom stereocenters. The van der Waals surface area contributed by atoms with Crippen molar-refractivity contribution in [3.05, 3.63) is 140 Å². The van der Waals surface area contributed by atoms with Crippen LogP contribution in [0.25, 0.3) is 86.2 Å². The Morgan fingerprint density at radius 3 is 0.846 bits per heavy atom. The van der Waals surface area contributed by atoms with Crippen molar-refractivity contribution in [1.29, 1.82) is 0 Å². The molecule has 0 aliphatic carbocycles. The summed E-state index contributed by atoms with van der Waals surface area (Å²) in [6, 6.07) is 37.5. The summed E-state index contributed by atoms with van der Waals surface area (Å²) in [6.45, 7) is 8.86. The highest BCUT2D eigenvalue weighted by molar-refractivity contribution is 9.11. The maximum absolute atomic E-state index is 14.1. The van der Waals surface area contributed by atoms with E-state index in [1.54, 1.807) is 9.80 Å². The largest absolute Gasteiger partial charge is 0.271 e. The minimum Gasteiger partial charge on any atom is -0.271 e. The lowest BCUT2D eigenvalue weighted by Gasteiger charge is -2.34. The van der Waals surface area contributed by atoms with Crippen molar-refractivity contribution < 1.29 is 19.2 Å². The molecule has 0 N–H and O–H groups in total. The van der Waals surface area contributed by atoms with E-state index in [9.17, 15) is 19.2 Å². The number of hydrogen-bond acceptors (Lipinski definition) is 4. The molecule has 2 aliphatic heterocycles. The van der Waals surface area contributed by atoms with Gasteiger partial charge in [-0.15, -0.1) is 0 Å². The highest BCUT2D eigenvalue weighted by Crippen LogP contribution is 2.48. The van der Waals surface area contributed by atoms with Crippen LogP contribution in [0.5, 0.6) is 0 Å². The first kappa shape index (κ1) is 54.0. The third kappa shape index (κ3) is 9.44. The minimum atomic E-state index is -0.119. The lowest BCUT2D eigenvalue weighted by Crippen LogP contribution is -2.47. The van der Waals surface area contributed by atoms with E-state index in [2.05, 4.69) is 144 Å². The van der Waals surface area contributed by atoms with Gasteiger partial charge < -0.3 is 0 Å². The molecule has 0 fully saturated rings. The standard InChI is InChI=1S/2C35H36BrNO2/c2*1-3-5-7-9-12-22(13-10-8-6-4-2)37-34(38)28-18-16-25-23-14-11-15-27-30(36)21-20-24(31(23)27)26-17-19-29(35(37)39)33(28)32(25)26/h2*11,14-22H,3-10,12-13H2,1-2H3. The normalized spacial score (nSPS) is 13.8. The molecule has 10 aromatic carbocycles. The Morgan fingerprint density at radius 1 is 0.295 bits per heavy atom. The molecular weight excluding hydrogens is 1090 g/mol. The van der Waals surface area contributed by atoms with Gasteiger partial charge in [-0.3, -0.25) is 29.0 Å². The quantitative estimate of drug-likeness (QED) is 0.0293. The average Bonchev–Trinajstić information content (AvgIpc) is 3.42. The van der Waals surface area contributed by atoms with Gasteiger partial charge in [-0.1, -0.05) is 235 Å². The van der Waals surface area contributed by atoms with Crippen molar-refractivity contribution >= 4 is 142 Å². The van der Waals surface area contributed by atoms with E-state index in [0.29, 0.717) is 22.3 Å². The summed E-state index contributed by atoms with van der Waals surface area (Å²) < 4.78 is 2.14. The maximum Gasteiger partial charge on any atom is 0.261 e. The van der Waals surface area contributed by atoms with Gasteiger partial charge in [-0.2, -0.15) is 0 Å². The molecule has 2 aliphatic rings. The van der Waals surface area contributed by atoms with Crippen LogP contribution >= 0.6 is 31.9 Å². The van der Waals surface area contributed by atoms with Gasteiger partial charge in [-0.25, -0.2) is 0 Å². The SMILES string of the molecule is CCCCCCC(CCCCCC)N1C(=O)c2ccc3c4cccc5c(Br)ccc(c6ccc(c2c36)C1=O)c54.CCCCCCC(CCCCCC)N1C(=O)c2ccc3c4cccc5c(Br)ccc(c6ccc(c2c36)C1=O)c54. The number of unbranched alkanes of at least 4 members (excludes halogenated alkanes) is 12. The zero-order valence-electron chi connectivity index (χ0n) is 46.0. The first-order valence-electron chi connectivity index (χ1n) is 29.5.